The number of hydrogen-bond donors (Lipinski definition) is 1. The summed E-state index contributed by atoms with van der Waals surface area (Å²) in [6.45, 7) is 3.79. The van der Waals surface area contributed by atoms with Crippen molar-refractivity contribution >= 4 is 23.5 Å². The quantitative estimate of drug-likeness (QED) is 0.706. The molecule has 148 valence electrons. The molecule has 0 heterocycles. The molecule has 0 atom stereocenters. The van der Waals surface area contributed by atoms with E-state index in [1.165, 1.54) is 18.9 Å². The molecule has 1 N–H and O–H groups in total. The van der Waals surface area contributed by atoms with Gasteiger partial charge in [-0.05, 0) is 37.3 Å². The minimum Gasteiger partial charge on any atom is -0.484 e. The molecule has 0 spiro atoms. The predicted octanol–water partition coefficient (Wildman–Crippen LogP) is 2.33. The third kappa shape index (κ3) is 6.12. The Morgan fingerprint density at radius 2 is 1.79 bits per heavy atom. The summed E-state index contributed by atoms with van der Waals surface area (Å²) in [5, 5.41) is 2.72. The second-order valence-electron chi connectivity index (χ2n) is 6.16. The van der Waals surface area contributed by atoms with Crippen LogP contribution in [-0.4, -0.2) is 44.6 Å². The van der Waals surface area contributed by atoms with Gasteiger partial charge in [-0.2, -0.15) is 0 Å². The van der Waals surface area contributed by atoms with Crippen molar-refractivity contribution in [3.05, 3.63) is 59.7 Å². The van der Waals surface area contributed by atoms with Gasteiger partial charge in [0.05, 0.1) is 12.7 Å². The molecule has 7 heteroatoms. The highest BCUT2D eigenvalue weighted by atomic mass is 16.5. The summed E-state index contributed by atoms with van der Waals surface area (Å²) in [6, 6.07) is 14.0. The number of anilines is 1. The normalized spacial score (nSPS) is 10.1. The second kappa shape index (κ2) is 10.1. The Morgan fingerprint density at radius 1 is 1.07 bits per heavy atom. The lowest BCUT2D eigenvalue weighted by Crippen LogP contribution is -2.39. The first-order chi connectivity index (χ1) is 13.4. The lowest BCUT2D eigenvalue weighted by atomic mass is 10.2. The number of hydrogen-bond acceptors (Lipinski definition) is 5. The molecule has 0 aliphatic carbocycles. The molecule has 7 nitrogen and oxygen atoms in total. The van der Waals surface area contributed by atoms with Crippen molar-refractivity contribution < 1.29 is 23.9 Å². The zero-order valence-electron chi connectivity index (χ0n) is 16.2. The number of nitrogens with zero attached hydrogens (tertiary/aromatic N) is 1. The molecule has 0 aliphatic heterocycles. The highest BCUT2D eigenvalue weighted by Gasteiger charge is 2.14. The van der Waals surface area contributed by atoms with Crippen LogP contribution in [0.25, 0.3) is 0 Å². The average Bonchev–Trinajstić information content (AvgIpc) is 2.70. The van der Waals surface area contributed by atoms with E-state index in [4.69, 9.17) is 9.47 Å². The zero-order chi connectivity index (χ0) is 20.5. The molecule has 0 saturated heterocycles. The number of aryl methyl sites for hydroxylation is 1. The highest BCUT2D eigenvalue weighted by molar-refractivity contribution is 5.95. The molecule has 2 amide bonds. The van der Waals surface area contributed by atoms with Crippen LogP contribution in [0, 0.1) is 6.92 Å². The molecule has 0 radical (unpaired) electrons. The summed E-state index contributed by atoms with van der Waals surface area (Å²) in [7, 11) is 1.30. The van der Waals surface area contributed by atoms with Crippen LogP contribution in [-0.2, 0) is 14.3 Å². The van der Waals surface area contributed by atoms with Crippen LogP contribution >= 0.6 is 0 Å². The summed E-state index contributed by atoms with van der Waals surface area (Å²) in [5.41, 5.74) is 2.01. The van der Waals surface area contributed by atoms with E-state index in [-0.39, 0.29) is 31.5 Å². The molecule has 0 bridgehead atoms. The minimum absolute atomic E-state index is 0.110. The van der Waals surface area contributed by atoms with Crippen molar-refractivity contribution in [2.45, 2.75) is 13.8 Å². The largest absolute Gasteiger partial charge is 0.484 e. The molecule has 2 aromatic carbocycles. The Bertz CT molecular complexity index is 833. The first kappa shape index (κ1) is 21.0. The van der Waals surface area contributed by atoms with Gasteiger partial charge < -0.3 is 19.7 Å². The lowest BCUT2D eigenvalue weighted by Gasteiger charge is -2.22. The molecule has 2 aromatic rings. The molecule has 0 aliphatic rings. The number of carbonyl (C=O) groups excluding carboxylic acids is 3. The van der Waals surface area contributed by atoms with E-state index in [1.54, 1.807) is 36.4 Å². The Kier molecular flexibility index (Phi) is 7.56. The summed E-state index contributed by atoms with van der Waals surface area (Å²) >= 11 is 0. The number of esters is 1. The van der Waals surface area contributed by atoms with Crippen molar-refractivity contribution in [2.75, 3.05) is 31.7 Å². The Hall–Kier alpha value is -3.35. The Labute approximate surface area is 164 Å². The first-order valence-corrected chi connectivity index (χ1v) is 8.83. The molecule has 0 aromatic heterocycles. The van der Waals surface area contributed by atoms with E-state index in [0.29, 0.717) is 17.0 Å². The first-order valence-electron chi connectivity index (χ1n) is 8.83. The number of nitrogens with one attached hydrogen (secondary N) is 1. The van der Waals surface area contributed by atoms with Gasteiger partial charge in [-0.15, -0.1) is 0 Å². The smallest absolute Gasteiger partial charge is 0.337 e. The van der Waals surface area contributed by atoms with Crippen LogP contribution in [0.4, 0.5) is 5.69 Å². The number of amides is 2. The molecule has 0 saturated carbocycles. The van der Waals surface area contributed by atoms with E-state index in [9.17, 15) is 14.4 Å². The van der Waals surface area contributed by atoms with Crippen molar-refractivity contribution in [1.82, 2.24) is 5.32 Å². The van der Waals surface area contributed by atoms with Gasteiger partial charge in [-0.25, -0.2) is 4.79 Å². The minimum atomic E-state index is -0.480. The van der Waals surface area contributed by atoms with Gasteiger partial charge in [0.2, 0.25) is 5.91 Å². The van der Waals surface area contributed by atoms with Crippen LogP contribution in [0.15, 0.2) is 48.5 Å². The molecule has 0 unspecified atom stereocenters. The van der Waals surface area contributed by atoms with Gasteiger partial charge in [0, 0.05) is 25.7 Å². The number of ether oxygens (including phenoxy) is 2. The number of rotatable bonds is 8. The van der Waals surface area contributed by atoms with Crippen LogP contribution in [0.3, 0.4) is 0 Å². The maximum atomic E-state index is 12.0. The van der Waals surface area contributed by atoms with Gasteiger partial charge in [-0.1, -0.05) is 23.8 Å². The lowest BCUT2D eigenvalue weighted by molar-refractivity contribution is -0.123. The maximum Gasteiger partial charge on any atom is 0.337 e. The van der Waals surface area contributed by atoms with E-state index < -0.39 is 5.97 Å². The molecule has 0 fully saturated rings. The zero-order valence-corrected chi connectivity index (χ0v) is 16.2. The summed E-state index contributed by atoms with van der Waals surface area (Å²) in [5.74, 6) is -0.350. The standard InChI is InChI=1S/C21H24N2O5/c1-15-7-9-19(10-8-15)28-14-20(25)22-11-12-23(16(2)24)18-6-4-5-17(13-18)21(26)27-3/h4-10,13H,11-12,14H2,1-3H3,(H,22,25). The van der Waals surface area contributed by atoms with Crippen molar-refractivity contribution in [1.29, 1.82) is 0 Å². The summed E-state index contributed by atoms with van der Waals surface area (Å²) in [4.78, 5) is 37.1. The fraction of sp³-hybridized carbons (Fsp3) is 0.286. The van der Waals surface area contributed by atoms with Crippen LogP contribution in [0.1, 0.15) is 22.8 Å². The van der Waals surface area contributed by atoms with Gasteiger partial charge in [0.15, 0.2) is 6.61 Å². The maximum absolute atomic E-state index is 12.0. The van der Waals surface area contributed by atoms with Crippen LogP contribution in [0.5, 0.6) is 5.75 Å². The number of carbonyl (C=O) groups is 3. The van der Waals surface area contributed by atoms with Gasteiger partial charge in [0.1, 0.15) is 5.75 Å². The SMILES string of the molecule is COC(=O)c1cccc(N(CCNC(=O)COc2ccc(C)cc2)C(C)=O)c1. The van der Waals surface area contributed by atoms with Crippen molar-refractivity contribution in [3.63, 3.8) is 0 Å². The Morgan fingerprint density at radius 3 is 2.43 bits per heavy atom. The third-order valence-corrected chi connectivity index (χ3v) is 4.01. The second-order valence-corrected chi connectivity index (χ2v) is 6.16. The van der Waals surface area contributed by atoms with Gasteiger partial charge >= 0.3 is 5.97 Å². The van der Waals surface area contributed by atoms with Crippen LogP contribution < -0.4 is 15.0 Å². The topological polar surface area (TPSA) is 84.9 Å². The fourth-order valence-corrected chi connectivity index (χ4v) is 2.53. The average molecular weight is 384 g/mol. The van der Waals surface area contributed by atoms with Gasteiger partial charge in [0.25, 0.3) is 5.91 Å². The fourth-order valence-electron chi connectivity index (χ4n) is 2.53. The molecule has 28 heavy (non-hydrogen) atoms. The summed E-state index contributed by atoms with van der Waals surface area (Å²) < 4.78 is 10.1. The van der Waals surface area contributed by atoms with E-state index in [0.717, 1.165) is 5.56 Å². The van der Waals surface area contributed by atoms with E-state index >= 15 is 0 Å². The molecule has 2 rings (SSSR count). The van der Waals surface area contributed by atoms with Crippen LogP contribution in [0.2, 0.25) is 0 Å². The number of methoxy groups -OCH3 is 1. The van der Waals surface area contributed by atoms with Crippen molar-refractivity contribution in [3.8, 4) is 5.75 Å². The third-order valence-electron chi connectivity index (χ3n) is 4.01. The predicted molar refractivity (Wildman–Crippen MR) is 105 cm³/mol. The van der Waals surface area contributed by atoms with E-state index in [2.05, 4.69) is 5.32 Å². The molecular formula is C21H24N2O5. The number of benzene rings is 2. The Balaban J connectivity index is 1.87. The summed E-state index contributed by atoms with van der Waals surface area (Å²) in [6.07, 6.45) is 0. The van der Waals surface area contributed by atoms with Crippen molar-refractivity contribution in [2.24, 2.45) is 0 Å². The van der Waals surface area contributed by atoms with E-state index in [1.807, 2.05) is 19.1 Å². The molecular weight excluding hydrogens is 360 g/mol. The highest BCUT2D eigenvalue weighted by Crippen LogP contribution is 2.17. The van der Waals surface area contributed by atoms with Gasteiger partial charge in [-0.3, -0.25) is 9.59 Å². The monoisotopic (exact) mass is 384 g/mol.